The Kier molecular flexibility index (Phi) is 7.13. The van der Waals surface area contributed by atoms with Crippen LogP contribution in [0.2, 0.25) is 0 Å². The van der Waals surface area contributed by atoms with E-state index in [1.807, 2.05) is 91.1 Å². The summed E-state index contributed by atoms with van der Waals surface area (Å²) in [4.78, 5) is 24.2. The number of rotatable bonds is 6. The number of oxazole rings is 2. The average molecular weight is 672 g/mol. The van der Waals surface area contributed by atoms with Crippen LogP contribution < -0.4 is 0 Å². The Labute approximate surface area is 298 Å². The first-order valence-corrected chi connectivity index (χ1v) is 17.3. The summed E-state index contributed by atoms with van der Waals surface area (Å²) in [5, 5.41) is 1.12. The molecule has 1 unspecified atom stereocenters. The number of hydrogen-bond donors (Lipinski definition) is 0. The van der Waals surface area contributed by atoms with Crippen molar-refractivity contribution in [2.75, 3.05) is 0 Å². The van der Waals surface area contributed by atoms with Gasteiger partial charge in [-0.15, -0.1) is 0 Å². The van der Waals surface area contributed by atoms with E-state index >= 15 is 0 Å². The van der Waals surface area contributed by atoms with Gasteiger partial charge in [-0.25, -0.2) is 19.9 Å². The molecule has 1 aliphatic carbocycles. The number of benzene rings is 5. The van der Waals surface area contributed by atoms with E-state index in [1.54, 1.807) is 0 Å². The van der Waals surface area contributed by atoms with Crippen molar-refractivity contribution in [1.29, 1.82) is 0 Å². The van der Waals surface area contributed by atoms with Crippen molar-refractivity contribution >= 4 is 38.7 Å². The van der Waals surface area contributed by atoms with E-state index in [2.05, 4.69) is 76.7 Å². The van der Waals surface area contributed by atoms with Crippen LogP contribution in [0, 0.1) is 0 Å². The summed E-state index contributed by atoms with van der Waals surface area (Å²) in [7, 11) is 0. The van der Waals surface area contributed by atoms with Crippen molar-refractivity contribution in [3.05, 3.63) is 169 Å². The standard InChI is InChI=1S/C45H29N5O2/c1-2-8-36-35(7-1)34(25-26-46-36)28-13-15-29(16-14-28)39-27-40(30-17-21-32(22-18-30)44-49-37-9-3-5-11-41(37)51-44)48-43(47-39)31-19-23-33(24-20-31)45-50-38-10-4-6-12-42(38)52-45/h1-21,23-27,32H,22H2. The number of pyridine rings is 1. The SMILES string of the molecule is C1=CC(c2nc3ccccc3o2)CC=C1c1cc(-c2ccc(-c3ccnc4ccccc34)cc2)nc(-c2ccc(-c3nc4ccccc4o3)cc2)n1. The third kappa shape index (κ3) is 5.45. The molecule has 0 saturated heterocycles. The van der Waals surface area contributed by atoms with Crippen LogP contribution in [0.25, 0.3) is 83.9 Å². The molecule has 52 heavy (non-hydrogen) atoms. The minimum Gasteiger partial charge on any atom is -0.440 e. The van der Waals surface area contributed by atoms with Crippen LogP contribution >= 0.6 is 0 Å². The van der Waals surface area contributed by atoms with Gasteiger partial charge in [0.05, 0.1) is 22.8 Å². The summed E-state index contributed by atoms with van der Waals surface area (Å²) in [6.45, 7) is 0. The molecule has 0 aliphatic heterocycles. The van der Waals surface area contributed by atoms with E-state index < -0.39 is 0 Å². The smallest absolute Gasteiger partial charge is 0.227 e. The zero-order valence-corrected chi connectivity index (χ0v) is 27.8. The lowest BCUT2D eigenvalue weighted by Crippen LogP contribution is -2.02. The number of fused-ring (bicyclic) bond motifs is 3. The summed E-state index contributed by atoms with van der Waals surface area (Å²) in [5.41, 5.74) is 12.0. The molecule has 9 aromatic rings. The Morgan fingerprint density at radius 3 is 1.94 bits per heavy atom. The Morgan fingerprint density at radius 1 is 0.538 bits per heavy atom. The number of allylic oxidation sites excluding steroid dienone is 4. The quantitative estimate of drug-likeness (QED) is 0.174. The largest absolute Gasteiger partial charge is 0.440 e. The van der Waals surface area contributed by atoms with Gasteiger partial charge < -0.3 is 8.83 Å². The Hall–Kier alpha value is -6.99. The second-order valence-corrected chi connectivity index (χ2v) is 12.9. The zero-order valence-electron chi connectivity index (χ0n) is 27.8. The first kappa shape index (κ1) is 29.9. The summed E-state index contributed by atoms with van der Waals surface area (Å²) in [6, 6.07) is 44.7. The highest BCUT2D eigenvalue weighted by Gasteiger charge is 2.20. The summed E-state index contributed by atoms with van der Waals surface area (Å²) in [5.74, 6) is 1.98. The van der Waals surface area contributed by atoms with Crippen molar-refractivity contribution in [3.63, 3.8) is 0 Å². The van der Waals surface area contributed by atoms with Crippen molar-refractivity contribution < 1.29 is 8.83 Å². The van der Waals surface area contributed by atoms with Crippen LogP contribution in [-0.4, -0.2) is 24.9 Å². The third-order valence-electron chi connectivity index (χ3n) is 9.57. The Balaban J connectivity index is 1.01. The highest BCUT2D eigenvalue weighted by atomic mass is 16.4. The van der Waals surface area contributed by atoms with Gasteiger partial charge in [0.2, 0.25) is 11.8 Å². The number of nitrogens with zero attached hydrogens (tertiary/aromatic N) is 5. The molecule has 0 saturated carbocycles. The van der Waals surface area contributed by atoms with Gasteiger partial charge in [-0.05, 0) is 77.7 Å². The molecule has 0 N–H and O–H groups in total. The second kappa shape index (κ2) is 12.4. The van der Waals surface area contributed by atoms with Gasteiger partial charge in [0.15, 0.2) is 17.0 Å². The zero-order chi connectivity index (χ0) is 34.4. The van der Waals surface area contributed by atoms with E-state index in [-0.39, 0.29) is 5.92 Å². The number of aromatic nitrogens is 5. The van der Waals surface area contributed by atoms with Gasteiger partial charge in [0.1, 0.15) is 11.0 Å². The van der Waals surface area contributed by atoms with Crippen LogP contribution in [0.4, 0.5) is 0 Å². The molecule has 5 aromatic carbocycles. The maximum absolute atomic E-state index is 6.09. The minimum absolute atomic E-state index is 0.0492. The molecule has 4 aromatic heterocycles. The molecule has 1 aliphatic rings. The van der Waals surface area contributed by atoms with Gasteiger partial charge in [0.25, 0.3) is 0 Å². The fourth-order valence-electron chi connectivity index (χ4n) is 6.84. The first-order chi connectivity index (χ1) is 25.7. The van der Waals surface area contributed by atoms with Gasteiger partial charge in [-0.2, -0.15) is 0 Å². The topological polar surface area (TPSA) is 90.7 Å². The normalized spacial score (nSPS) is 14.3. The highest BCUT2D eigenvalue weighted by Crippen LogP contribution is 2.35. The predicted molar refractivity (Wildman–Crippen MR) is 205 cm³/mol. The van der Waals surface area contributed by atoms with Crippen molar-refractivity contribution in [2.24, 2.45) is 0 Å². The maximum atomic E-state index is 6.09. The van der Waals surface area contributed by atoms with Gasteiger partial charge >= 0.3 is 0 Å². The second-order valence-electron chi connectivity index (χ2n) is 12.9. The van der Waals surface area contributed by atoms with Gasteiger partial charge in [0, 0.05) is 28.3 Å². The van der Waals surface area contributed by atoms with E-state index in [0.29, 0.717) is 11.7 Å². The predicted octanol–water partition coefficient (Wildman–Crippen LogP) is 11.1. The molecule has 4 heterocycles. The fraction of sp³-hybridized carbons (Fsp3) is 0.0444. The van der Waals surface area contributed by atoms with Crippen LogP contribution in [-0.2, 0) is 0 Å². The first-order valence-electron chi connectivity index (χ1n) is 17.3. The molecule has 0 radical (unpaired) electrons. The van der Waals surface area contributed by atoms with Crippen molar-refractivity contribution in [2.45, 2.75) is 12.3 Å². The third-order valence-corrected chi connectivity index (χ3v) is 9.57. The molecule has 7 nitrogen and oxygen atoms in total. The van der Waals surface area contributed by atoms with Crippen molar-refractivity contribution in [1.82, 2.24) is 24.9 Å². The van der Waals surface area contributed by atoms with Crippen molar-refractivity contribution in [3.8, 4) is 45.2 Å². The molecule has 0 spiro atoms. The number of hydrogen-bond acceptors (Lipinski definition) is 7. The average Bonchev–Trinajstić information content (AvgIpc) is 3.86. The van der Waals surface area contributed by atoms with Crippen LogP contribution in [0.15, 0.2) is 167 Å². The lowest BCUT2D eigenvalue weighted by atomic mass is 9.94. The molecule has 0 bridgehead atoms. The van der Waals surface area contributed by atoms with Gasteiger partial charge in [-0.1, -0.05) is 97.1 Å². The number of para-hydroxylation sites is 5. The molecule has 0 amide bonds. The molecule has 10 rings (SSSR count). The molecular formula is C45H29N5O2. The fourth-order valence-corrected chi connectivity index (χ4v) is 6.84. The lowest BCUT2D eigenvalue weighted by Gasteiger charge is -2.15. The lowest BCUT2D eigenvalue weighted by molar-refractivity contribution is 0.505. The van der Waals surface area contributed by atoms with Gasteiger partial charge in [-0.3, -0.25) is 4.98 Å². The van der Waals surface area contributed by atoms with E-state index in [9.17, 15) is 0 Å². The highest BCUT2D eigenvalue weighted by molar-refractivity contribution is 5.94. The maximum Gasteiger partial charge on any atom is 0.227 e. The monoisotopic (exact) mass is 671 g/mol. The van der Waals surface area contributed by atoms with E-state index in [4.69, 9.17) is 23.8 Å². The summed E-state index contributed by atoms with van der Waals surface area (Å²) >= 11 is 0. The van der Waals surface area contributed by atoms with E-state index in [1.165, 1.54) is 0 Å². The molecule has 1 atom stereocenters. The minimum atomic E-state index is 0.0492. The Morgan fingerprint density at radius 2 is 1.19 bits per heavy atom. The molecule has 246 valence electrons. The molecule has 0 fully saturated rings. The summed E-state index contributed by atoms with van der Waals surface area (Å²) in [6.07, 6.45) is 9.10. The van der Waals surface area contributed by atoms with E-state index in [0.717, 1.165) is 90.2 Å². The molecular weight excluding hydrogens is 643 g/mol. The molecule has 7 heteroatoms. The van der Waals surface area contributed by atoms with Crippen LogP contribution in [0.3, 0.4) is 0 Å². The van der Waals surface area contributed by atoms with Crippen LogP contribution in [0.1, 0.15) is 23.9 Å². The van der Waals surface area contributed by atoms with Crippen LogP contribution in [0.5, 0.6) is 0 Å². The summed E-state index contributed by atoms with van der Waals surface area (Å²) < 4.78 is 12.1. The Bertz CT molecular complexity index is 2760.